The SMILES string of the molecule is CCCC(=O)C[C@@H](C)C(=O)C(=O)NC12CC3CC(CC(C3)C1)C2. The lowest BCUT2D eigenvalue weighted by atomic mass is 9.53. The molecule has 23 heavy (non-hydrogen) atoms. The molecule has 1 N–H and O–H groups in total. The van der Waals surface area contributed by atoms with Crippen LogP contribution in [-0.2, 0) is 14.4 Å². The molecular weight excluding hydrogens is 290 g/mol. The Morgan fingerprint density at radius 3 is 2.04 bits per heavy atom. The largest absolute Gasteiger partial charge is 0.344 e. The lowest BCUT2D eigenvalue weighted by Crippen LogP contribution is -2.61. The summed E-state index contributed by atoms with van der Waals surface area (Å²) >= 11 is 0. The predicted octanol–water partition coefficient (Wildman–Crippen LogP) is 3.04. The zero-order chi connectivity index (χ0) is 16.6. The van der Waals surface area contributed by atoms with Crippen LogP contribution in [0.5, 0.6) is 0 Å². The average Bonchev–Trinajstić information content (AvgIpc) is 2.44. The van der Waals surface area contributed by atoms with Gasteiger partial charge in [-0.05, 0) is 62.7 Å². The number of ketones is 2. The van der Waals surface area contributed by atoms with Gasteiger partial charge in [0.05, 0.1) is 0 Å². The summed E-state index contributed by atoms with van der Waals surface area (Å²) in [4.78, 5) is 36.5. The third kappa shape index (κ3) is 3.51. The van der Waals surface area contributed by atoms with E-state index in [0.29, 0.717) is 6.42 Å². The van der Waals surface area contributed by atoms with Crippen LogP contribution in [0.15, 0.2) is 0 Å². The van der Waals surface area contributed by atoms with E-state index in [1.165, 1.54) is 19.3 Å². The summed E-state index contributed by atoms with van der Waals surface area (Å²) in [5, 5.41) is 3.11. The van der Waals surface area contributed by atoms with Gasteiger partial charge in [-0.3, -0.25) is 14.4 Å². The van der Waals surface area contributed by atoms with E-state index in [2.05, 4.69) is 5.32 Å². The van der Waals surface area contributed by atoms with E-state index < -0.39 is 17.6 Å². The monoisotopic (exact) mass is 319 g/mol. The molecule has 4 bridgehead atoms. The molecule has 0 aromatic carbocycles. The second kappa shape index (κ2) is 6.37. The molecule has 4 nitrogen and oxygen atoms in total. The van der Waals surface area contributed by atoms with Crippen LogP contribution in [0.1, 0.15) is 71.6 Å². The van der Waals surface area contributed by atoms with Crippen molar-refractivity contribution in [2.45, 2.75) is 77.2 Å². The van der Waals surface area contributed by atoms with Gasteiger partial charge >= 0.3 is 0 Å². The lowest BCUT2D eigenvalue weighted by Gasteiger charge is -2.56. The highest BCUT2D eigenvalue weighted by Gasteiger charge is 2.52. The van der Waals surface area contributed by atoms with Crippen LogP contribution in [0.2, 0.25) is 0 Å². The molecule has 0 radical (unpaired) electrons. The van der Waals surface area contributed by atoms with E-state index in [-0.39, 0.29) is 17.7 Å². The minimum atomic E-state index is -0.497. The molecule has 0 aromatic heterocycles. The number of hydrogen-bond acceptors (Lipinski definition) is 3. The highest BCUT2D eigenvalue weighted by atomic mass is 16.2. The van der Waals surface area contributed by atoms with Gasteiger partial charge in [-0.25, -0.2) is 0 Å². The fourth-order valence-electron chi connectivity index (χ4n) is 5.61. The van der Waals surface area contributed by atoms with Crippen LogP contribution in [0.4, 0.5) is 0 Å². The highest BCUT2D eigenvalue weighted by molar-refractivity contribution is 6.37. The van der Waals surface area contributed by atoms with Crippen molar-refractivity contribution in [2.75, 3.05) is 0 Å². The van der Waals surface area contributed by atoms with E-state index in [0.717, 1.165) is 43.4 Å². The fraction of sp³-hybridized carbons (Fsp3) is 0.842. The Morgan fingerprint density at radius 2 is 1.57 bits per heavy atom. The number of rotatable bonds is 7. The smallest absolute Gasteiger partial charge is 0.288 e. The predicted molar refractivity (Wildman–Crippen MR) is 87.7 cm³/mol. The van der Waals surface area contributed by atoms with Crippen LogP contribution in [-0.4, -0.2) is 23.0 Å². The van der Waals surface area contributed by atoms with E-state index in [4.69, 9.17) is 0 Å². The average molecular weight is 319 g/mol. The lowest BCUT2D eigenvalue weighted by molar-refractivity contribution is -0.143. The van der Waals surface area contributed by atoms with Crippen LogP contribution >= 0.6 is 0 Å². The zero-order valence-electron chi connectivity index (χ0n) is 14.4. The van der Waals surface area contributed by atoms with Gasteiger partial charge in [-0.1, -0.05) is 13.8 Å². The topological polar surface area (TPSA) is 63.2 Å². The third-order valence-corrected chi connectivity index (χ3v) is 6.15. The summed E-state index contributed by atoms with van der Waals surface area (Å²) < 4.78 is 0. The summed E-state index contributed by atoms with van der Waals surface area (Å²) in [6.45, 7) is 3.65. The van der Waals surface area contributed by atoms with Gasteiger partial charge in [-0.15, -0.1) is 0 Å². The van der Waals surface area contributed by atoms with Crippen molar-refractivity contribution in [3.05, 3.63) is 0 Å². The number of carbonyl (C=O) groups is 3. The van der Waals surface area contributed by atoms with Crippen LogP contribution in [0.3, 0.4) is 0 Å². The molecule has 1 amide bonds. The van der Waals surface area contributed by atoms with Gasteiger partial charge in [0.1, 0.15) is 5.78 Å². The molecule has 0 aliphatic heterocycles. The standard InChI is InChI=1S/C19H29NO3/c1-3-4-16(21)5-12(2)17(22)18(23)20-19-9-13-6-14(10-19)8-15(7-13)11-19/h12-15H,3-11H2,1-2H3,(H,20,23)/t12-,13?,14?,15?,19?/m1/s1. The van der Waals surface area contributed by atoms with Crippen LogP contribution in [0.25, 0.3) is 0 Å². The molecule has 4 heteroatoms. The summed E-state index contributed by atoms with van der Waals surface area (Å²) in [6.07, 6.45) is 8.54. The maximum absolute atomic E-state index is 12.4. The Balaban J connectivity index is 1.58. The minimum absolute atomic E-state index is 0.0796. The van der Waals surface area contributed by atoms with E-state index in [1.54, 1.807) is 6.92 Å². The minimum Gasteiger partial charge on any atom is -0.344 e. The second-order valence-corrected chi connectivity index (χ2v) is 8.41. The van der Waals surface area contributed by atoms with Crippen molar-refractivity contribution >= 4 is 17.5 Å². The van der Waals surface area contributed by atoms with Gasteiger partial charge in [0, 0.05) is 24.3 Å². The van der Waals surface area contributed by atoms with Gasteiger partial charge in [0.15, 0.2) is 0 Å². The second-order valence-electron chi connectivity index (χ2n) is 8.41. The van der Waals surface area contributed by atoms with E-state index in [9.17, 15) is 14.4 Å². The summed E-state index contributed by atoms with van der Waals surface area (Å²) in [7, 11) is 0. The van der Waals surface area contributed by atoms with Crippen molar-refractivity contribution in [3.63, 3.8) is 0 Å². The summed E-state index contributed by atoms with van der Waals surface area (Å²) in [6, 6.07) is 0. The van der Waals surface area contributed by atoms with Crippen molar-refractivity contribution in [1.82, 2.24) is 5.32 Å². The number of hydrogen-bond donors (Lipinski definition) is 1. The number of nitrogens with one attached hydrogen (secondary N) is 1. The Labute approximate surface area is 138 Å². The Bertz CT molecular complexity index is 475. The van der Waals surface area contributed by atoms with Crippen molar-refractivity contribution in [3.8, 4) is 0 Å². The first-order chi connectivity index (χ1) is 10.9. The molecule has 128 valence electrons. The van der Waals surface area contributed by atoms with Gasteiger partial charge < -0.3 is 5.32 Å². The normalized spacial score (nSPS) is 35.8. The fourth-order valence-corrected chi connectivity index (χ4v) is 5.61. The van der Waals surface area contributed by atoms with Crippen molar-refractivity contribution < 1.29 is 14.4 Å². The molecule has 0 unspecified atom stereocenters. The Morgan fingerprint density at radius 1 is 1.04 bits per heavy atom. The van der Waals surface area contributed by atoms with Crippen LogP contribution in [0, 0.1) is 23.7 Å². The number of amides is 1. The molecule has 0 saturated heterocycles. The highest BCUT2D eigenvalue weighted by Crippen LogP contribution is 2.55. The first kappa shape index (κ1) is 16.7. The molecule has 4 saturated carbocycles. The Kier molecular flexibility index (Phi) is 4.61. The molecule has 0 heterocycles. The Hall–Kier alpha value is -1.19. The van der Waals surface area contributed by atoms with Crippen molar-refractivity contribution in [1.29, 1.82) is 0 Å². The van der Waals surface area contributed by atoms with E-state index in [1.807, 2.05) is 6.92 Å². The maximum atomic E-state index is 12.4. The van der Waals surface area contributed by atoms with Gasteiger partial charge in [0.2, 0.25) is 5.78 Å². The summed E-state index contributed by atoms with van der Waals surface area (Å²) in [5.74, 6) is 0.925. The van der Waals surface area contributed by atoms with Gasteiger partial charge in [0.25, 0.3) is 5.91 Å². The molecule has 4 aliphatic rings. The molecular formula is C19H29NO3. The first-order valence-corrected chi connectivity index (χ1v) is 9.29. The molecule has 1 atom stereocenters. The van der Waals surface area contributed by atoms with Crippen molar-refractivity contribution in [2.24, 2.45) is 23.7 Å². The molecule has 4 fully saturated rings. The quantitative estimate of drug-likeness (QED) is 0.734. The maximum Gasteiger partial charge on any atom is 0.288 e. The zero-order valence-corrected chi connectivity index (χ0v) is 14.4. The number of Topliss-reactive ketones (excluding diaryl/α,β-unsaturated/α-hetero) is 2. The first-order valence-electron chi connectivity index (χ1n) is 9.29. The van der Waals surface area contributed by atoms with Crippen LogP contribution < -0.4 is 5.32 Å². The third-order valence-electron chi connectivity index (χ3n) is 6.15. The van der Waals surface area contributed by atoms with E-state index >= 15 is 0 Å². The molecule has 0 spiro atoms. The number of carbonyl (C=O) groups excluding carboxylic acids is 3. The molecule has 4 rings (SSSR count). The van der Waals surface area contributed by atoms with Gasteiger partial charge in [-0.2, -0.15) is 0 Å². The summed E-state index contributed by atoms with van der Waals surface area (Å²) in [5.41, 5.74) is -0.130. The molecule has 0 aromatic rings. The molecule has 4 aliphatic carbocycles.